The highest BCUT2D eigenvalue weighted by molar-refractivity contribution is 7.95. The van der Waals surface area contributed by atoms with E-state index in [0.29, 0.717) is 16.9 Å². The Bertz CT molecular complexity index is 1300. The Labute approximate surface area is 180 Å². The minimum atomic E-state index is -3.81. The third kappa shape index (κ3) is 6.51. The van der Waals surface area contributed by atoms with Gasteiger partial charge in [0.1, 0.15) is 0 Å². The Hall–Kier alpha value is -3.47. The van der Waals surface area contributed by atoms with E-state index < -0.39 is 26.0 Å². The normalized spacial score (nSPS) is 11.9. The highest BCUT2D eigenvalue weighted by atomic mass is 32.2. The number of sulfonamides is 2. The van der Waals surface area contributed by atoms with Crippen LogP contribution in [0.15, 0.2) is 89.2 Å². The number of benzene rings is 3. The van der Waals surface area contributed by atoms with E-state index in [1.54, 1.807) is 24.3 Å². The van der Waals surface area contributed by atoms with E-state index in [4.69, 9.17) is 5.14 Å². The standard InChI is InChI=1S/C21H19N3O5S2/c22-31(28,29)20-12-10-18(11-13-20)23-21(25)17-6-8-19(9-7-17)24-30(26,27)15-14-16-4-2-1-3-5-16/h1-15,24H,(H,23,25)(H2,22,28,29)/b15-14+. The largest absolute Gasteiger partial charge is 0.322 e. The molecular weight excluding hydrogens is 438 g/mol. The van der Waals surface area contributed by atoms with Gasteiger partial charge in [-0.25, -0.2) is 22.0 Å². The second-order valence-electron chi connectivity index (χ2n) is 6.46. The molecule has 160 valence electrons. The Kier molecular flexibility index (Phi) is 6.54. The number of nitrogens with two attached hydrogens (primary N) is 1. The van der Waals surface area contributed by atoms with Crippen molar-refractivity contribution in [2.45, 2.75) is 4.90 Å². The molecule has 3 aromatic carbocycles. The van der Waals surface area contributed by atoms with Crippen LogP contribution in [0.1, 0.15) is 15.9 Å². The molecule has 0 unspecified atom stereocenters. The van der Waals surface area contributed by atoms with Crippen LogP contribution < -0.4 is 15.2 Å². The summed E-state index contributed by atoms with van der Waals surface area (Å²) >= 11 is 0. The second-order valence-corrected chi connectivity index (χ2v) is 9.59. The molecule has 0 saturated carbocycles. The van der Waals surface area contributed by atoms with Gasteiger partial charge in [-0.3, -0.25) is 9.52 Å². The summed E-state index contributed by atoms with van der Waals surface area (Å²) in [7, 11) is -7.53. The average molecular weight is 458 g/mol. The predicted octanol–water partition coefficient (Wildman–Crippen LogP) is 3.00. The summed E-state index contributed by atoms with van der Waals surface area (Å²) in [6, 6.07) is 20.3. The Balaban J connectivity index is 1.64. The summed E-state index contributed by atoms with van der Waals surface area (Å²) in [4.78, 5) is 12.3. The van der Waals surface area contributed by atoms with E-state index in [1.807, 2.05) is 6.07 Å². The Morgan fingerprint density at radius 2 is 1.35 bits per heavy atom. The van der Waals surface area contributed by atoms with Gasteiger partial charge < -0.3 is 5.32 Å². The molecule has 0 fully saturated rings. The van der Waals surface area contributed by atoms with Crippen molar-refractivity contribution in [2.24, 2.45) is 5.14 Å². The van der Waals surface area contributed by atoms with Crippen LogP contribution >= 0.6 is 0 Å². The molecule has 0 aliphatic heterocycles. The maximum Gasteiger partial charge on any atom is 0.255 e. The van der Waals surface area contributed by atoms with Gasteiger partial charge in [0.05, 0.1) is 10.3 Å². The summed E-state index contributed by atoms with van der Waals surface area (Å²) in [6.45, 7) is 0. The third-order valence-corrected chi connectivity index (χ3v) is 6.03. The van der Waals surface area contributed by atoms with Crippen LogP contribution in [0.5, 0.6) is 0 Å². The number of carbonyl (C=O) groups excluding carboxylic acids is 1. The number of nitrogens with one attached hydrogen (secondary N) is 2. The van der Waals surface area contributed by atoms with Crippen LogP contribution in [0.4, 0.5) is 11.4 Å². The minimum absolute atomic E-state index is 0.0663. The van der Waals surface area contributed by atoms with Crippen molar-refractivity contribution in [3.8, 4) is 0 Å². The van der Waals surface area contributed by atoms with Crippen LogP contribution in [0.25, 0.3) is 6.08 Å². The van der Waals surface area contributed by atoms with E-state index in [9.17, 15) is 21.6 Å². The number of primary sulfonamides is 1. The molecule has 3 aromatic rings. The van der Waals surface area contributed by atoms with E-state index >= 15 is 0 Å². The van der Waals surface area contributed by atoms with E-state index in [2.05, 4.69) is 10.0 Å². The molecule has 0 spiro atoms. The topological polar surface area (TPSA) is 135 Å². The lowest BCUT2D eigenvalue weighted by molar-refractivity contribution is 0.102. The molecule has 0 radical (unpaired) electrons. The molecule has 0 aliphatic carbocycles. The van der Waals surface area contributed by atoms with E-state index in [1.165, 1.54) is 54.6 Å². The SMILES string of the molecule is NS(=O)(=O)c1ccc(NC(=O)c2ccc(NS(=O)(=O)/C=C/c3ccccc3)cc2)cc1. The van der Waals surface area contributed by atoms with Gasteiger partial charge in [0, 0.05) is 16.9 Å². The minimum Gasteiger partial charge on any atom is -0.322 e. The summed E-state index contributed by atoms with van der Waals surface area (Å²) in [6.07, 6.45) is 1.48. The molecule has 31 heavy (non-hydrogen) atoms. The molecule has 8 nitrogen and oxygen atoms in total. The lowest BCUT2D eigenvalue weighted by atomic mass is 10.2. The molecule has 1 amide bonds. The fourth-order valence-electron chi connectivity index (χ4n) is 2.55. The molecule has 0 bridgehead atoms. The van der Waals surface area contributed by atoms with Crippen molar-refractivity contribution in [3.63, 3.8) is 0 Å². The third-order valence-electron chi connectivity index (χ3n) is 4.09. The highest BCUT2D eigenvalue weighted by Crippen LogP contribution is 2.16. The van der Waals surface area contributed by atoms with Gasteiger partial charge >= 0.3 is 0 Å². The van der Waals surface area contributed by atoms with E-state index in [-0.39, 0.29) is 4.90 Å². The summed E-state index contributed by atoms with van der Waals surface area (Å²) in [5.74, 6) is -0.443. The van der Waals surface area contributed by atoms with Gasteiger partial charge in [-0.15, -0.1) is 0 Å². The number of amides is 1. The lowest BCUT2D eigenvalue weighted by Gasteiger charge is -2.08. The van der Waals surface area contributed by atoms with Gasteiger partial charge in [0.25, 0.3) is 15.9 Å². The summed E-state index contributed by atoms with van der Waals surface area (Å²) < 4.78 is 49.4. The quantitative estimate of drug-likeness (QED) is 0.501. The van der Waals surface area contributed by atoms with Crippen LogP contribution in [0, 0.1) is 0 Å². The highest BCUT2D eigenvalue weighted by Gasteiger charge is 2.11. The maximum atomic E-state index is 12.3. The van der Waals surface area contributed by atoms with Gasteiger partial charge in [0.2, 0.25) is 10.0 Å². The van der Waals surface area contributed by atoms with Gasteiger partial charge in [-0.1, -0.05) is 30.3 Å². The number of hydrogen-bond acceptors (Lipinski definition) is 5. The number of anilines is 2. The van der Waals surface area contributed by atoms with Crippen LogP contribution in [-0.4, -0.2) is 22.7 Å². The van der Waals surface area contributed by atoms with Crippen molar-refractivity contribution < 1.29 is 21.6 Å². The smallest absolute Gasteiger partial charge is 0.255 e. The zero-order valence-corrected chi connectivity index (χ0v) is 17.7. The van der Waals surface area contributed by atoms with Crippen molar-refractivity contribution in [1.82, 2.24) is 0 Å². The number of rotatable bonds is 7. The summed E-state index contributed by atoms with van der Waals surface area (Å²) in [5.41, 5.74) is 1.72. The number of hydrogen-bond donors (Lipinski definition) is 3. The molecule has 10 heteroatoms. The zero-order valence-electron chi connectivity index (χ0n) is 16.1. The first kappa shape index (κ1) is 22.2. The summed E-state index contributed by atoms with van der Waals surface area (Å²) in [5, 5.41) is 8.72. The second kappa shape index (κ2) is 9.13. The first-order valence-corrected chi connectivity index (χ1v) is 12.0. The first-order valence-electron chi connectivity index (χ1n) is 8.93. The molecule has 0 saturated heterocycles. The average Bonchev–Trinajstić information content (AvgIpc) is 2.73. The van der Waals surface area contributed by atoms with Crippen molar-refractivity contribution in [3.05, 3.63) is 95.4 Å². The van der Waals surface area contributed by atoms with Crippen LogP contribution in [0.2, 0.25) is 0 Å². The molecular formula is C21H19N3O5S2. The zero-order chi connectivity index (χ0) is 22.5. The van der Waals surface area contributed by atoms with Gasteiger partial charge in [-0.2, -0.15) is 0 Å². The predicted molar refractivity (Wildman–Crippen MR) is 120 cm³/mol. The number of carbonyl (C=O) groups is 1. The molecule has 4 N–H and O–H groups in total. The van der Waals surface area contributed by atoms with E-state index in [0.717, 1.165) is 11.0 Å². The lowest BCUT2D eigenvalue weighted by Crippen LogP contribution is -2.14. The fraction of sp³-hybridized carbons (Fsp3) is 0. The van der Waals surface area contributed by atoms with Crippen LogP contribution in [-0.2, 0) is 20.0 Å². The van der Waals surface area contributed by atoms with Gasteiger partial charge in [-0.05, 0) is 60.2 Å². The Morgan fingerprint density at radius 1 is 0.774 bits per heavy atom. The van der Waals surface area contributed by atoms with Gasteiger partial charge in [0.15, 0.2) is 0 Å². The molecule has 0 heterocycles. The van der Waals surface area contributed by atoms with Crippen molar-refractivity contribution >= 4 is 43.4 Å². The molecule has 3 rings (SSSR count). The Morgan fingerprint density at radius 3 is 1.94 bits per heavy atom. The monoisotopic (exact) mass is 457 g/mol. The fourth-order valence-corrected chi connectivity index (χ4v) is 3.94. The first-order chi connectivity index (χ1) is 14.6. The van der Waals surface area contributed by atoms with Crippen molar-refractivity contribution in [2.75, 3.05) is 10.0 Å². The maximum absolute atomic E-state index is 12.3. The van der Waals surface area contributed by atoms with Crippen molar-refractivity contribution in [1.29, 1.82) is 0 Å². The van der Waals surface area contributed by atoms with Crippen LogP contribution in [0.3, 0.4) is 0 Å². The molecule has 0 aromatic heterocycles. The molecule has 0 aliphatic rings. The molecule has 0 atom stereocenters.